The highest BCUT2D eigenvalue weighted by molar-refractivity contribution is 5.96. The van der Waals surface area contributed by atoms with Crippen LogP contribution in [-0.2, 0) is 4.79 Å². The molecule has 2 aromatic carbocycles. The summed E-state index contributed by atoms with van der Waals surface area (Å²) in [5, 5.41) is 2.92. The van der Waals surface area contributed by atoms with E-state index in [4.69, 9.17) is 18.9 Å². The molecule has 2 aromatic rings. The molecule has 6 nitrogen and oxygen atoms in total. The van der Waals surface area contributed by atoms with Crippen LogP contribution in [0.4, 0.5) is 5.69 Å². The van der Waals surface area contributed by atoms with E-state index in [9.17, 15) is 4.79 Å². The molecule has 1 heterocycles. The summed E-state index contributed by atoms with van der Waals surface area (Å²) < 4.78 is 22.1. The topological polar surface area (TPSA) is 66.0 Å². The van der Waals surface area contributed by atoms with Gasteiger partial charge in [0.1, 0.15) is 0 Å². The first-order chi connectivity index (χ1) is 13.0. The van der Waals surface area contributed by atoms with Crippen LogP contribution in [0.1, 0.15) is 37.3 Å². The number of hydrogen-bond acceptors (Lipinski definition) is 5. The molecular formula is C21H25NO5. The fraction of sp³-hybridized carbons (Fsp3) is 0.381. The van der Waals surface area contributed by atoms with E-state index < -0.39 is 0 Å². The third-order valence-corrected chi connectivity index (χ3v) is 4.55. The van der Waals surface area contributed by atoms with E-state index in [-0.39, 0.29) is 17.9 Å². The normalized spacial score (nSPS) is 15.8. The van der Waals surface area contributed by atoms with Crippen molar-refractivity contribution in [1.29, 1.82) is 0 Å². The highest BCUT2D eigenvalue weighted by Gasteiger charge is 2.29. The molecule has 1 N–H and O–H groups in total. The number of carbonyl (C=O) groups excluding carboxylic acids is 1. The zero-order valence-electron chi connectivity index (χ0n) is 16.3. The first-order valence-corrected chi connectivity index (χ1v) is 8.87. The molecule has 0 saturated carbocycles. The molecule has 0 radical (unpaired) electrons. The minimum Gasteiger partial charge on any atom is -0.493 e. The molecule has 27 heavy (non-hydrogen) atoms. The summed E-state index contributed by atoms with van der Waals surface area (Å²) >= 11 is 0. The number of amides is 1. The number of hydrogen-bond donors (Lipinski definition) is 1. The molecule has 6 heteroatoms. The first kappa shape index (κ1) is 18.9. The lowest BCUT2D eigenvalue weighted by Gasteiger charge is -2.28. The summed E-state index contributed by atoms with van der Waals surface area (Å²) in [6, 6.07) is 9.52. The van der Waals surface area contributed by atoms with Crippen molar-refractivity contribution in [2.75, 3.05) is 26.6 Å². The number of anilines is 1. The molecule has 1 atom stereocenters. The number of carbonyl (C=O) groups is 1. The predicted molar refractivity (Wildman–Crippen MR) is 103 cm³/mol. The number of rotatable bonds is 6. The van der Waals surface area contributed by atoms with Crippen molar-refractivity contribution < 1.29 is 23.7 Å². The van der Waals surface area contributed by atoms with Crippen molar-refractivity contribution in [2.45, 2.75) is 32.3 Å². The highest BCUT2D eigenvalue weighted by atomic mass is 16.5. The smallest absolute Gasteiger partial charge is 0.225 e. The Morgan fingerprint density at radius 3 is 2.19 bits per heavy atom. The van der Waals surface area contributed by atoms with Crippen molar-refractivity contribution >= 4 is 11.6 Å². The molecule has 3 rings (SSSR count). The summed E-state index contributed by atoms with van der Waals surface area (Å²) in [7, 11) is 4.79. The van der Waals surface area contributed by atoms with Gasteiger partial charge in [0.05, 0.1) is 27.4 Å². The Labute approximate surface area is 159 Å². The van der Waals surface area contributed by atoms with Crippen molar-refractivity contribution in [1.82, 2.24) is 0 Å². The van der Waals surface area contributed by atoms with Gasteiger partial charge in [-0.3, -0.25) is 4.79 Å². The average Bonchev–Trinajstić information content (AvgIpc) is 2.66. The average molecular weight is 371 g/mol. The summed E-state index contributed by atoms with van der Waals surface area (Å²) in [5.41, 5.74) is 2.69. The zero-order chi connectivity index (χ0) is 19.6. The van der Waals surface area contributed by atoms with Gasteiger partial charge in [-0.1, -0.05) is 6.07 Å². The van der Waals surface area contributed by atoms with Gasteiger partial charge in [-0.25, -0.2) is 0 Å². The van der Waals surface area contributed by atoms with Gasteiger partial charge in [0.2, 0.25) is 5.91 Å². The van der Waals surface area contributed by atoms with E-state index in [1.165, 1.54) is 0 Å². The van der Waals surface area contributed by atoms with Gasteiger partial charge in [-0.15, -0.1) is 0 Å². The van der Waals surface area contributed by atoms with E-state index in [0.717, 1.165) is 16.8 Å². The summed E-state index contributed by atoms with van der Waals surface area (Å²) in [5.74, 6) is 2.38. The number of benzene rings is 2. The summed E-state index contributed by atoms with van der Waals surface area (Å²) in [6.45, 7) is 3.93. The van der Waals surface area contributed by atoms with Crippen LogP contribution in [0, 0.1) is 0 Å². The molecule has 0 bridgehead atoms. The quantitative estimate of drug-likeness (QED) is 0.832. The molecule has 1 amide bonds. The Balaban J connectivity index is 2.06. The second-order valence-electron chi connectivity index (χ2n) is 6.68. The first-order valence-electron chi connectivity index (χ1n) is 8.87. The number of fused-ring (bicyclic) bond motifs is 1. The maximum atomic E-state index is 12.3. The molecule has 1 aliphatic rings. The Morgan fingerprint density at radius 2 is 1.56 bits per heavy atom. The van der Waals surface area contributed by atoms with Crippen LogP contribution in [0.5, 0.6) is 23.0 Å². The predicted octanol–water partition coefficient (Wildman–Crippen LogP) is 3.97. The monoisotopic (exact) mass is 371 g/mol. The van der Waals surface area contributed by atoms with E-state index in [1.54, 1.807) is 27.4 Å². The lowest BCUT2D eigenvalue weighted by Crippen LogP contribution is -2.23. The number of methoxy groups -OCH3 is 3. The summed E-state index contributed by atoms with van der Waals surface area (Å²) in [6.07, 6.45) is 0.387. The molecule has 0 saturated heterocycles. The Bertz CT molecular complexity index is 847. The molecule has 0 spiro atoms. The fourth-order valence-corrected chi connectivity index (χ4v) is 3.34. The molecule has 0 fully saturated rings. The van der Waals surface area contributed by atoms with Crippen LogP contribution in [0.3, 0.4) is 0 Å². The van der Waals surface area contributed by atoms with Crippen molar-refractivity contribution in [2.24, 2.45) is 0 Å². The van der Waals surface area contributed by atoms with Crippen LogP contribution in [-0.4, -0.2) is 33.3 Å². The molecule has 1 aliphatic heterocycles. The molecule has 0 aromatic heterocycles. The number of ether oxygens (including phenoxy) is 4. The Hall–Kier alpha value is -2.89. The van der Waals surface area contributed by atoms with E-state index in [1.807, 2.05) is 38.1 Å². The Kier molecular flexibility index (Phi) is 5.44. The van der Waals surface area contributed by atoms with Gasteiger partial charge in [-0.2, -0.15) is 0 Å². The molecular weight excluding hydrogens is 346 g/mol. The van der Waals surface area contributed by atoms with Gasteiger partial charge in [0.25, 0.3) is 0 Å². The fourth-order valence-electron chi connectivity index (χ4n) is 3.34. The maximum absolute atomic E-state index is 12.3. The van der Waals surface area contributed by atoms with Gasteiger partial charge in [0.15, 0.2) is 23.0 Å². The maximum Gasteiger partial charge on any atom is 0.225 e. The molecule has 0 aliphatic carbocycles. The van der Waals surface area contributed by atoms with Crippen molar-refractivity contribution in [3.05, 3.63) is 41.5 Å². The number of nitrogens with one attached hydrogen (secondary N) is 1. The van der Waals surface area contributed by atoms with Crippen LogP contribution < -0.4 is 24.3 Å². The lowest BCUT2D eigenvalue weighted by atomic mass is 9.84. The third-order valence-electron chi connectivity index (χ3n) is 4.55. The Morgan fingerprint density at radius 1 is 0.926 bits per heavy atom. The van der Waals surface area contributed by atoms with Crippen LogP contribution in [0.25, 0.3) is 0 Å². The molecule has 144 valence electrons. The van der Waals surface area contributed by atoms with Crippen molar-refractivity contribution in [3.63, 3.8) is 0 Å². The van der Waals surface area contributed by atoms with Gasteiger partial charge in [-0.05, 0) is 43.2 Å². The van der Waals surface area contributed by atoms with Gasteiger partial charge in [0, 0.05) is 24.1 Å². The second kappa shape index (κ2) is 7.78. The van der Waals surface area contributed by atoms with E-state index >= 15 is 0 Å². The minimum atomic E-state index is -0.115. The molecule has 0 unspecified atom stereocenters. The van der Waals surface area contributed by atoms with Crippen molar-refractivity contribution in [3.8, 4) is 23.0 Å². The standard InChI is InChI=1S/C21H25NO5/c1-12(2)27-17-7-6-13(8-18(17)24-3)14-10-21(23)22-16-11-20(26-5)19(25-4)9-15(14)16/h6-9,11-12,14H,10H2,1-5H3,(H,22,23)/t14-/m0/s1. The summed E-state index contributed by atoms with van der Waals surface area (Å²) in [4.78, 5) is 12.3. The largest absolute Gasteiger partial charge is 0.493 e. The SMILES string of the molecule is COc1cc2c(cc1OC)[C@H](c1ccc(OC(C)C)c(OC)c1)CC(=O)N2. The highest BCUT2D eigenvalue weighted by Crippen LogP contribution is 2.44. The minimum absolute atomic E-state index is 0.0406. The third kappa shape index (κ3) is 3.79. The van der Waals surface area contributed by atoms with Gasteiger partial charge < -0.3 is 24.3 Å². The van der Waals surface area contributed by atoms with Crippen LogP contribution >= 0.6 is 0 Å². The van der Waals surface area contributed by atoms with Crippen LogP contribution in [0.2, 0.25) is 0 Å². The van der Waals surface area contributed by atoms with E-state index in [2.05, 4.69) is 5.32 Å². The van der Waals surface area contributed by atoms with Crippen LogP contribution in [0.15, 0.2) is 30.3 Å². The second-order valence-corrected chi connectivity index (χ2v) is 6.68. The lowest BCUT2D eigenvalue weighted by molar-refractivity contribution is -0.116. The van der Waals surface area contributed by atoms with E-state index in [0.29, 0.717) is 29.4 Å². The zero-order valence-corrected chi connectivity index (χ0v) is 16.3. The van der Waals surface area contributed by atoms with Gasteiger partial charge >= 0.3 is 0 Å².